The van der Waals surface area contributed by atoms with Crippen LogP contribution in [0, 0.1) is 0 Å². The van der Waals surface area contributed by atoms with Crippen molar-refractivity contribution in [2.75, 3.05) is 6.26 Å². The van der Waals surface area contributed by atoms with Gasteiger partial charge in [-0.05, 0) is 25.0 Å². The maximum Gasteiger partial charge on any atom is 0.358 e. The summed E-state index contributed by atoms with van der Waals surface area (Å²) in [5.74, 6) is -1.91. The molecule has 1 aromatic carbocycles. The third-order valence-corrected chi connectivity index (χ3v) is 4.78. The van der Waals surface area contributed by atoms with Gasteiger partial charge in [0.05, 0.1) is 4.90 Å². The summed E-state index contributed by atoms with van der Waals surface area (Å²) in [6.07, 6.45) is 2.55. The zero-order valence-corrected chi connectivity index (χ0v) is 13.0. The molecule has 0 amide bonds. The summed E-state index contributed by atoms with van der Waals surface area (Å²) < 4.78 is 28.8. The maximum absolute atomic E-state index is 12.8. The molecule has 3 rings (SSSR count). The third kappa shape index (κ3) is 2.77. The number of carboxylic acid groups (broad SMARTS) is 1. The highest BCUT2D eigenvalue weighted by Crippen LogP contribution is 2.43. The van der Waals surface area contributed by atoms with E-state index in [1.54, 1.807) is 0 Å². The van der Waals surface area contributed by atoms with E-state index in [1.807, 2.05) is 0 Å². The number of carbonyl (C=O) groups is 2. The van der Waals surface area contributed by atoms with Crippen LogP contribution in [0.2, 0.25) is 0 Å². The molecule has 7 nitrogen and oxygen atoms in total. The van der Waals surface area contributed by atoms with Gasteiger partial charge in [0.1, 0.15) is 5.56 Å². The highest BCUT2D eigenvalue weighted by atomic mass is 32.2. The van der Waals surface area contributed by atoms with Crippen LogP contribution in [0.25, 0.3) is 0 Å². The number of carboxylic acids is 1. The van der Waals surface area contributed by atoms with Crippen LogP contribution in [-0.4, -0.2) is 36.7 Å². The number of aromatic nitrogens is 1. The molecule has 0 spiro atoms. The highest BCUT2D eigenvalue weighted by molar-refractivity contribution is 7.90. The van der Waals surface area contributed by atoms with Crippen LogP contribution in [-0.2, 0) is 9.84 Å². The quantitative estimate of drug-likeness (QED) is 0.830. The Morgan fingerprint density at radius 3 is 2.48 bits per heavy atom. The summed E-state index contributed by atoms with van der Waals surface area (Å²) in [5, 5.41) is 12.7. The number of hydrogen-bond acceptors (Lipinski definition) is 6. The number of carbonyl (C=O) groups excluding carboxylic acids is 1. The topological polar surface area (TPSA) is 115 Å². The van der Waals surface area contributed by atoms with E-state index in [0.717, 1.165) is 19.1 Å². The lowest BCUT2D eigenvalue weighted by Gasteiger charge is -2.07. The van der Waals surface area contributed by atoms with E-state index in [9.17, 15) is 23.1 Å². The van der Waals surface area contributed by atoms with E-state index in [1.165, 1.54) is 24.3 Å². The minimum absolute atomic E-state index is 0.0417. The lowest BCUT2D eigenvalue weighted by atomic mass is 9.99. The number of benzene rings is 1. The van der Waals surface area contributed by atoms with Crippen LogP contribution in [0.4, 0.5) is 0 Å². The molecule has 0 saturated heterocycles. The lowest BCUT2D eigenvalue weighted by molar-refractivity contribution is 0.0682. The predicted octanol–water partition coefficient (Wildman–Crippen LogP) is 1.88. The van der Waals surface area contributed by atoms with Crippen LogP contribution >= 0.6 is 0 Å². The van der Waals surface area contributed by atoms with E-state index in [2.05, 4.69) is 5.16 Å². The van der Waals surface area contributed by atoms with Gasteiger partial charge in [-0.25, -0.2) is 13.2 Å². The molecule has 1 fully saturated rings. The minimum Gasteiger partial charge on any atom is -0.476 e. The maximum atomic E-state index is 12.8. The molecule has 1 aromatic heterocycles. The Hall–Kier alpha value is -2.48. The fraction of sp³-hybridized carbons (Fsp3) is 0.267. The third-order valence-electron chi connectivity index (χ3n) is 3.63. The zero-order chi connectivity index (χ0) is 16.8. The van der Waals surface area contributed by atoms with Crippen LogP contribution in [0.15, 0.2) is 33.7 Å². The Kier molecular flexibility index (Phi) is 3.56. The number of rotatable bonds is 5. The molecule has 1 N–H and O–H groups in total. The van der Waals surface area contributed by atoms with Crippen molar-refractivity contribution in [3.05, 3.63) is 46.8 Å². The summed E-state index contributed by atoms with van der Waals surface area (Å²) in [4.78, 5) is 24.0. The minimum atomic E-state index is -3.64. The second kappa shape index (κ2) is 5.31. The van der Waals surface area contributed by atoms with Gasteiger partial charge in [0, 0.05) is 17.7 Å². The fourth-order valence-corrected chi connectivity index (χ4v) is 3.29. The SMILES string of the molecule is CS(=O)(=O)c1ccccc1C(=O)c1c(C(=O)O)noc1C1CC1. The molecule has 0 bridgehead atoms. The van der Waals surface area contributed by atoms with Crippen molar-refractivity contribution < 1.29 is 27.6 Å². The molecular weight excluding hydrogens is 322 g/mol. The molecule has 120 valence electrons. The fourth-order valence-electron chi connectivity index (χ4n) is 2.40. The van der Waals surface area contributed by atoms with Gasteiger partial charge in [0.25, 0.3) is 0 Å². The molecule has 1 heterocycles. The summed E-state index contributed by atoms with van der Waals surface area (Å²) >= 11 is 0. The van der Waals surface area contributed by atoms with Crippen molar-refractivity contribution in [2.45, 2.75) is 23.7 Å². The average Bonchev–Trinajstić information content (AvgIpc) is 3.23. The molecular formula is C15H13NO6S. The second-order valence-electron chi connectivity index (χ2n) is 5.45. The van der Waals surface area contributed by atoms with E-state index >= 15 is 0 Å². The standard InChI is InChI=1S/C15H13NO6S/c1-23(20,21)10-5-3-2-4-9(10)13(17)11-12(15(18)19)16-22-14(11)8-6-7-8/h2-5,8H,6-7H2,1H3,(H,18,19). The molecule has 1 aliphatic rings. The van der Waals surface area contributed by atoms with Gasteiger partial charge in [0.2, 0.25) is 5.69 Å². The van der Waals surface area contributed by atoms with Gasteiger partial charge in [-0.2, -0.15) is 0 Å². The number of nitrogens with zero attached hydrogens (tertiary/aromatic N) is 1. The van der Waals surface area contributed by atoms with E-state index in [-0.39, 0.29) is 27.7 Å². The van der Waals surface area contributed by atoms with E-state index in [4.69, 9.17) is 4.52 Å². The molecule has 1 saturated carbocycles. The first kappa shape index (κ1) is 15.4. The van der Waals surface area contributed by atoms with Crippen molar-refractivity contribution in [1.29, 1.82) is 0 Å². The monoisotopic (exact) mass is 335 g/mol. The Labute approximate surface area is 131 Å². The molecule has 2 aromatic rings. The summed E-state index contributed by atoms with van der Waals surface area (Å²) in [7, 11) is -3.64. The Morgan fingerprint density at radius 2 is 1.91 bits per heavy atom. The van der Waals surface area contributed by atoms with Crippen molar-refractivity contribution >= 4 is 21.6 Å². The molecule has 0 unspecified atom stereocenters. The highest BCUT2D eigenvalue weighted by Gasteiger charge is 2.37. The summed E-state index contributed by atoms with van der Waals surface area (Å²) in [6.45, 7) is 0. The smallest absolute Gasteiger partial charge is 0.358 e. The van der Waals surface area contributed by atoms with Crippen LogP contribution in [0.5, 0.6) is 0 Å². The van der Waals surface area contributed by atoms with Gasteiger partial charge in [-0.1, -0.05) is 17.3 Å². The normalized spacial score (nSPS) is 14.7. The van der Waals surface area contributed by atoms with Gasteiger partial charge in [-0.15, -0.1) is 0 Å². The van der Waals surface area contributed by atoms with Gasteiger partial charge in [0.15, 0.2) is 21.4 Å². The van der Waals surface area contributed by atoms with Gasteiger partial charge < -0.3 is 9.63 Å². The largest absolute Gasteiger partial charge is 0.476 e. The Morgan fingerprint density at radius 1 is 1.26 bits per heavy atom. The molecule has 1 aliphatic carbocycles. The molecule has 0 aliphatic heterocycles. The summed E-state index contributed by atoms with van der Waals surface area (Å²) in [6, 6.07) is 5.69. The van der Waals surface area contributed by atoms with E-state index in [0.29, 0.717) is 0 Å². The van der Waals surface area contributed by atoms with Crippen molar-refractivity contribution in [3.63, 3.8) is 0 Å². The number of hydrogen-bond donors (Lipinski definition) is 1. The average molecular weight is 335 g/mol. The number of ketones is 1. The molecule has 8 heteroatoms. The first-order valence-electron chi connectivity index (χ1n) is 6.87. The molecule has 0 atom stereocenters. The lowest BCUT2D eigenvalue weighted by Crippen LogP contribution is -2.13. The van der Waals surface area contributed by atoms with Crippen LogP contribution in [0.1, 0.15) is 50.9 Å². The van der Waals surface area contributed by atoms with Crippen molar-refractivity contribution in [3.8, 4) is 0 Å². The van der Waals surface area contributed by atoms with Crippen molar-refractivity contribution in [1.82, 2.24) is 5.16 Å². The van der Waals surface area contributed by atoms with Gasteiger partial charge >= 0.3 is 5.97 Å². The van der Waals surface area contributed by atoms with Crippen LogP contribution < -0.4 is 0 Å². The Bertz CT molecular complexity index is 908. The first-order valence-corrected chi connectivity index (χ1v) is 8.76. The second-order valence-corrected chi connectivity index (χ2v) is 7.43. The predicted molar refractivity (Wildman–Crippen MR) is 78.4 cm³/mol. The van der Waals surface area contributed by atoms with Gasteiger partial charge in [-0.3, -0.25) is 4.79 Å². The zero-order valence-electron chi connectivity index (χ0n) is 12.1. The first-order chi connectivity index (χ1) is 10.8. The summed E-state index contributed by atoms with van der Waals surface area (Å²) in [5.41, 5.74) is -0.723. The molecule has 23 heavy (non-hydrogen) atoms. The number of aromatic carboxylic acids is 1. The van der Waals surface area contributed by atoms with E-state index < -0.39 is 27.3 Å². The number of sulfone groups is 1. The Balaban J connectivity index is 2.19. The van der Waals surface area contributed by atoms with Crippen LogP contribution in [0.3, 0.4) is 0 Å². The van der Waals surface area contributed by atoms with Crippen molar-refractivity contribution in [2.24, 2.45) is 0 Å². The molecule has 0 radical (unpaired) electrons.